The van der Waals surface area contributed by atoms with E-state index in [-0.39, 0.29) is 0 Å². The van der Waals surface area contributed by atoms with Crippen LogP contribution in [0, 0.1) is 5.92 Å². The first kappa shape index (κ1) is 8.79. The molecule has 0 aromatic rings. The summed E-state index contributed by atoms with van der Waals surface area (Å²) in [5.74, 6) is 0.709. The van der Waals surface area contributed by atoms with E-state index >= 15 is 0 Å². The van der Waals surface area contributed by atoms with E-state index in [1.54, 1.807) is 5.57 Å². The SMILES string of the molecule is CC(C)/C=C1/CCC(C)NC1. The van der Waals surface area contributed by atoms with Gasteiger partial charge in [-0.3, -0.25) is 0 Å². The molecule has 1 rings (SSSR count). The first-order valence-corrected chi connectivity index (χ1v) is 4.61. The minimum atomic E-state index is 0.709. The monoisotopic (exact) mass is 153 g/mol. The van der Waals surface area contributed by atoms with Crippen LogP contribution in [0.3, 0.4) is 0 Å². The molecule has 0 saturated carbocycles. The van der Waals surface area contributed by atoms with Crippen LogP contribution in [0.4, 0.5) is 0 Å². The molecule has 1 fully saturated rings. The molecule has 1 unspecified atom stereocenters. The summed E-state index contributed by atoms with van der Waals surface area (Å²) in [5.41, 5.74) is 1.60. The highest BCUT2D eigenvalue weighted by Crippen LogP contribution is 2.14. The Morgan fingerprint density at radius 3 is 2.73 bits per heavy atom. The predicted molar refractivity (Wildman–Crippen MR) is 49.6 cm³/mol. The van der Waals surface area contributed by atoms with Crippen LogP contribution >= 0.6 is 0 Å². The van der Waals surface area contributed by atoms with Crippen molar-refractivity contribution in [1.29, 1.82) is 0 Å². The molecular weight excluding hydrogens is 134 g/mol. The van der Waals surface area contributed by atoms with Crippen molar-refractivity contribution in [2.45, 2.75) is 39.7 Å². The summed E-state index contributed by atoms with van der Waals surface area (Å²) < 4.78 is 0. The van der Waals surface area contributed by atoms with Crippen molar-refractivity contribution in [2.75, 3.05) is 6.54 Å². The third kappa shape index (κ3) is 3.06. The van der Waals surface area contributed by atoms with Crippen LogP contribution in [0.2, 0.25) is 0 Å². The second kappa shape index (κ2) is 3.91. The molecule has 0 radical (unpaired) electrons. The van der Waals surface area contributed by atoms with Crippen LogP contribution in [0.1, 0.15) is 33.6 Å². The molecule has 1 heteroatoms. The molecule has 11 heavy (non-hydrogen) atoms. The van der Waals surface area contributed by atoms with Crippen molar-refractivity contribution in [3.63, 3.8) is 0 Å². The number of rotatable bonds is 1. The molecule has 1 aliphatic heterocycles. The van der Waals surface area contributed by atoms with Gasteiger partial charge in [-0.2, -0.15) is 0 Å². The van der Waals surface area contributed by atoms with Gasteiger partial charge in [0.15, 0.2) is 0 Å². The highest BCUT2D eigenvalue weighted by Gasteiger charge is 2.10. The van der Waals surface area contributed by atoms with Gasteiger partial charge in [0.2, 0.25) is 0 Å². The molecule has 1 N–H and O–H groups in total. The van der Waals surface area contributed by atoms with Crippen LogP contribution in [-0.4, -0.2) is 12.6 Å². The van der Waals surface area contributed by atoms with E-state index in [2.05, 4.69) is 32.2 Å². The molecule has 64 valence electrons. The summed E-state index contributed by atoms with van der Waals surface area (Å²) in [7, 11) is 0. The molecule has 1 heterocycles. The van der Waals surface area contributed by atoms with E-state index in [0.717, 1.165) is 12.6 Å². The third-order valence-corrected chi connectivity index (χ3v) is 2.15. The van der Waals surface area contributed by atoms with E-state index < -0.39 is 0 Å². The average Bonchev–Trinajstić information content (AvgIpc) is 1.93. The molecular formula is C10H19N. The maximum atomic E-state index is 3.47. The number of nitrogens with one attached hydrogen (secondary N) is 1. The Balaban J connectivity index is 2.38. The zero-order chi connectivity index (χ0) is 8.27. The molecule has 0 spiro atoms. The Morgan fingerprint density at radius 2 is 2.27 bits per heavy atom. The Kier molecular flexibility index (Phi) is 3.13. The van der Waals surface area contributed by atoms with Crippen LogP contribution in [0.15, 0.2) is 11.6 Å². The zero-order valence-corrected chi connectivity index (χ0v) is 7.85. The smallest absolute Gasteiger partial charge is 0.0167 e. The van der Waals surface area contributed by atoms with Gasteiger partial charge in [-0.15, -0.1) is 0 Å². The van der Waals surface area contributed by atoms with Crippen LogP contribution < -0.4 is 5.32 Å². The van der Waals surface area contributed by atoms with E-state index in [1.165, 1.54) is 12.8 Å². The normalized spacial score (nSPS) is 29.8. The quantitative estimate of drug-likeness (QED) is 0.570. The number of piperidine rings is 1. The lowest BCUT2D eigenvalue weighted by atomic mass is 9.98. The highest BCUT2D eigenvalue weighted by molar-refractivity contribution is 5.08. The lowest BCUT2D eigenvalue weighted by molar-refractivity contribution is 0.483. The van der Waals surface area contributed by atoms with E-state index in [1.807, 2.05) is 0 Å². The molecule has 1 atom stereocenters. The molecule has 0 bridgehead atoms. The van der Waals surface area contributed by atoms with Gasteiger partial charge in [0.25, 0.3) is 0 Å². The number of allylic oxidation sites excluding steroid dienone is 1. The summed E-state index contributed by atoms with van der Waals surface area (Å²) in [6.07, 6.45) is 4.99. The minimum absolute atomic E-state index is 0.709. The maximum Gasteiger partial charge on any atom is 0.0167 e. The second-order valence-corrected chi connectivity index (χ2v) is 3.89. The topological polar surface area (TPSA) is 12.0 Å². The Hall–Kier alpha value is -0.300. The fourth-order valence-corrected chi connectivity index (χ4v) is 1.51. The third-order valence-electron chi connectivity index (χ3n) is 2.15. The number of hydrogen-bond donors (Lipinski definition) is 1. The van der Waals surface area contributed by atoms with Gasteiger partial charge in [0.05, 0.1) is 0 Å². The van der Waals surface area contributed by atoms with Gasteiger partial charge >= 0.3 is 0 Å². The fraction of sp³-hybridized carbons (Fsp3) is 0.800. The molecule has 1 saturated heterocycles. The Labute approximate surface area is 69.9 Å². The largest absolute Gasteiger partial charge is 0.311 e. The summed E-state index contributed by atoms with van der Waals surface area (Å²) >= 11 is 0. The summed E-state index contributed by atoms with van der Waals surface area (Å²) in [5, 5.41) is 3.47. The van der Waals surface area contributed by atoms with Crippen molar-refractivity contribution in [3.05, 3.63) is 11.6 Å². The predicted octanol–water partition coefficient (Wildman–Crippen LogP) is 2.34. The number of hydrogen-bond acceptors (Lipinski definition) is 1. The van der Waals surface area contributed by atoms with Crippen molar-refractivity contribution in [2.24, 2.45) is 5.92 Å². The van der Waals surface area contributed by atoms with Crippen molar-refractivity contribution < 1.29 is 0 Å². The fourth-order valence-electron chi connectivity index (χ4n) is 1.51. The standard InChI is InChI=1S/C10H19N/c1-8(2)6-10-5-4-9(3)11-7-10/h6,8-9,11H,4-5,7H2,1-3H3/b10-6-. The lowest BCUT2D eigenvalue weighted by Crippen LogP contribution is -2.32. The molecule has 0 aromatic heterocycles. The van der Waals surface area contributed by atoms with Crippen LogP contribution in [0.25, 0.3) is 0 Å². The van der Waals surface area contributed by atoms with Gasteiger partial charge in [-0.1, -0.05) is 25.5 Å². The minimum Gasteiger partial charge on any atom is -0.311 e. The average molecular weight is 153 g/mol. The van der Waals surface area contributed by atoms with E-state index in [4.69, 9.17) is 0 Å². The van der Waals surface area contributed by atoms with Gasteiger partial charge in [-0.05, 0) is 25.7 Å². The van der Waals surface area contributed by atoms with Crippen molar-refractivity contribution in [3.8, 4) is 0 Å². The van der Waals surface area contributed by atoms with Gasteiger partial charge in [-0.25, -0.2) is 0 Å². The van der Waals surface area contributed by atoms with E-state index in [9.17, 15) is 0 Å². The van der Waals surface area contributed by atoms with Crippen molar-refractivity contribution in [1.82, 2.24) is 5.32 Å². The summed E-state index contributed by atoms with van der Waals surface area (Å²) in [6, 6.07) is 0.722. The zero-order valence-electron chi connectivity index (χ0n) is 7.85. The van der Waals surface area contributed by atoms with E-state index in [0.29, 0.717) is 5.92 Å². The molecule has 0 amide bonds. The second-order valence-electron chi connectivity index (χ2n) is 3.89. The summed E-state index contributed by atoms with van der Waals surface area (Å²) in [6.45, 7) is 7.85. The Bertz CT molecular complexity index is 137. The first-order chi connectivity index (χ1) is 5.18. The molecule has 0 aliphatic carbocycles. The van der Waals surface area contributed by atoms with Crippen LogP contribution in [-0.2, 0) is 0 Å². The van der Waals surface area contributed by atoms with Gasteiger partial charge in [0.1, 0.15) is 0 Å². The first-order valence-electron chi connectivity index (χ1n) is 4.61. The maximum absolute atomic E-state index is 3.47. The van der Waals surface area contributed by atoms with Crippen LogP contribution in [0.5, 0.6) is 0 Å². The van der Waals surface area contributed by atoms with Gasteiger partial charge in [0, 0.05) is 12.6 Å². The lowest BCUT2D eigenvalue weighted by Gasteiger charge is -2.22. The van der Waals surface area contributed by atoms with Crippen molar-refractivity contribution >= 4 is 0 Å². The molecule has 1 aliphatic rings. The highest BCUT2D eigenvalue weighted by atomic mass is 14.9. The summed E-state index contributed by atoms with van der Waals surface area (Å²) in [4.78, 5) is 0. The Morgan fingerprint density at radius 1 is 1.55 bits per heavy atom. The molecule has 1 nitrogen and oxygen atoms in total. The van der Waals surface area contributed by atoms with Gasteiger partial charge < -0.3 is 5.32 Å². The molecule has 0 aromatic carbocycles.